The monoisotopic (exact) mass is 294 g/mol. The van der Waals surface area contributed by atoms with Crippen molar-refractivity contribution in [1.29, 1.82) is 0 Å². The van der Waals surface area contributed by atoms with Crippen molar-refractivity contribution < 1.29 is 14.3 Å². The first-order chi connectivity index (χ1) is 10.6. The van der Waals surface area contributed by atoms with Crippen molar-refractivity contribution in [3.05, 3.63) is 71.3 Å². The number of ether oxygens (including phenoxy) is 2. The van der Waals surface area contributed by atoms with E-state index >= 15 is 0 Å². The Morgan fingerprint density at radius 1 is 1.09 bits per heavy atom. The molecular formula is C19H18O3. The number of cyclic esters (lactones) is 1. The highest BCUT2D eigenvalue weighted by molar-refractivity contribution is 5.96. The lowest BCUT2D eigenvalue weighted by Gasteiger charge is -2.22. The number of esters is 1. The summed E-state index contributed by atoms with van der Waals surface area (Å²) >= 11 is 0. The van der Waals surface area contributed by atoms with Gasteiger partial charge in [-0.3, -0.25) is 0 Å². The van der Waals surface area contributed by atoms with E-state index in [0.29, 0.717) is 12.0 Å². The van der Waals surface area contributed by atoms with E-state index in [9.17, 15) is 4.79 Å². The Balaban J connectivity index is 1.86. The topological polar surface area (TPSA) is 35.5 Å². The predicted octanol–water partition coefficient (Wildman–Crippen LogP) is 3.94. The summed E-state index contributed by atoms with van der Waals surface area (Å²) in [6, 6.07) is 17.5. The van der Waals surface area contributed by atoms with Crippen LogP contribution in [0.4, 0.5) is 0 Å². The fourth-order valence-corrected chi connectivity index (χ4v) is 2.70. The van der Waals surface area contributed by atoms with Gasteiger partial charge in [0, 0.05) is 12.0 Å². The van der Waals surface area contributed by atoms with E-state index in [1.807, 2.05) is 67.6 Å². The number of methoxy groups -OCH3 is 1. The maximum atomic E-state index is 12.2. The van der Waals surface area contributed by atoms with E-state index in [2.05, 4.69) is 0 Å². The van der Waals surface area contributed by atoms with Gasteiger partial charge in [-0.15, -0.1) is 0 Å². The Morgan fingerprint density at radius 2 is 1.77 bits per heavy atom. The van der Waals surface area contributed by atoms with Gasteiger partial charge in [0.25, 0.3) is 0 Å². The van der Waals surface area contributed by atoms with Gasteiger partial charge in [-0.05, 0) is 36.3 Å². The molecule has 3 nitrogen and oxygen atoms in total. The van der Waals surface area contributed by atoms with Gasteiger partial charge in [-0.25, -0.2) is 4.79 Å². The Bertz CT molecular complexity index is 701. The van der Waals surface area contributed by atoms with E-state index in [1.165, 1.54) is 0 Å². The van der Waals surface area contributed by atoms with Crippen LogP contribution in [0, 0.1) is 0 Å². The standard InChI is InChI=1S/C19H18O3/c1-19(16-6-4-3-5-7-16)13-15(18(20)22-19)12-14-8-10-17(21-2)11-9-14/h3-12H,13H2,1-2H3/b15-12+. The molecule has 0 amide bonds. The highest BCUT2D eigenvalue weighted by Crippen LogP contribution is 2.39. The first-order valence-electron chi connectivity index (χ1n) is 7.24. The zero-order valence-electron chi connectivity index (χ0n) is 12.7. The van der Waals surface area contributed by atoms with Crippen molar-refractivity contribution in [2.24, 2.45) is 0 Å². The second-order valence-electron chi connectivity index (χ2n) is 5.61. The zero-order chi connectivity index (χ0) is 15.6. The van der Waals surface area contributed by atoms with Crippen LogP contribution in [0.3, 0.4) is 0 Å². The van der Waals surface area contributed by atoms with Crippen LogP contribution in [0.25, 0.3) is 6.08 Å². The maximum absolute atomic E-state index is 12.2. The first kappa shape index (κ1) is 14.4. The number of hydrogen-bond acceptors (Lipinski definition) is 3. The lowest BCUT2D eigenvalue weighted by atomic mass is 9.91. The van der Waals surface area contributed by atoms with Gasteiger partial charge < -0.3 is 9.47 Å². The van der Waals surface area contributed by atoms with E-state index in [0.717, 1.165) is 16.9 Å². The highest BCUT2D eigenvalue weighted by Gasteiger charge is 2.40. The minimum absolute atomic E-state index is 0.248. The molecule has 0 saturated carbocycles. The van der Waals surface area contributed by atoms with Crippen molar-refractivity contribution in [2.45, 2.75) is 18.9 Å². The van der Waals surface area contributed by atoms with E-state index < -0.39 is 5.60 Å². The molecule has 1 saturated heterocycles. The Kier molecular flexibility index (Phi) is 3.72. The quantitative estimate of drug-likeness (QED) is 0.635. The molecule has 2 aromatic carbocycles. The van der Waals surface area contributed by atoms with Gasteiger partial charge in [0.1, 0.15) is 11.4 Å². The average Bonchev–Trinajstić information content (AvgIpc) is 2.84. The molecule has 0 N–H and O–H groups in total. The van der Waals surface area contributed by atoms with Crippen molar-refractivity contribution >= 4 is 12.0 Å². The molecule has 1 unspecified atom stereocenters. The van der Waals surface area contributed by atoms with Crippen LogP contribution in [0.2, 0.25) is 0 Å². The van der Waals surface area contributed by atoms with Crippen molar-refractivity contribution in [2.75, 3.05) is 7.11 Å². The third-order valence-corrected chi connectivity index (χ3v) is 3.95. The van der Waals surface area contributed by atoms with Crippen LogP contribution < -0.4 is 4.74 Å². The molecule has 0 aliphatic carbocycles. The molecule has 22 heavy (non-hydrogen) atoms. The van der Waals surface area contributed by atoms with Crippen LogP contribution in [0.1, 0.15) is 24.5 Å². The van der Waals surface area contributed by atoms with E-state index in [4.69, 9.17) is 9.47 Å². The smallest absolute Gasteiger partial charge is 0.335 e. The van der Waals surface area contributed by atoms with Crippen molar-refractivity contribution in [3.63, 3.8) is 0 Å². The highest BCUT2D eigenvalue weighted by atomic mass is 16.6. The fourth-order valence-electron chi connectivity index (χ4n) is 2.70. The zero-order valence-corrected chi connectivity index (χ0v) is 12.7. The largest absolute Gasteiger partial charge is 0.497 e. The summed E-state index contributed by atoms with van der Waals surface area (Å²) < 4.78 is 10.8. The van der Waals surface area contributed by atoms with Crippen LogP contribution in [0.15, 0.2) is 60.2 Å². The third kappa shape index (κ3) is 2.75. The Hall–Kier alpha value is -2.55. The lowest BCUT2D eigenvalue weighted by Crippen LogP contribution is -2.20. The van der Waals surface area contributed by atoms with Gasteiger partial charge >= 0.3 is 5.97 Å². The summed E-state index contributed by atoms with van der Waals surface area (Å²) in [6.07, 6.45) is 2.46. The molecule has 1 atom stereocenters. The van der Waals surface area contributed by atoms with Crippen LogP contribution in [0.5, 0.6) is 5.75 Å². The molecule has 3 rings (SSSR count). The summed E-state index contributed by atoms with van der Waals surface area (Å²) in [4.78, 5) is 12.2. The van der Waals surface area contributed by atoms with Gasteiger partial charge in [-0.1, -0.05) is 42.5 Å². The van der Waals surface area contributed by atoms with Crippen LogP contribution in [-0.4, -0.2) is 13.1 Å². The molecule has 0 aromatic heterocycles. The van der Waals surface area contributed by atoms with Gasteiger partial charge in [0.05, 0.1) is 7.11 Å². The van der Waals surface area contributed by atoms with Crippen molar-refractivity contribution in [3.8, 4) is 5.75 Å². The summed E-state index contributed by atoms with van der Waals surface area (Å²) in [5, 5.41) is 0. The average molecular weight is 294 g/mol. The molecule has 112 valence electrons. The fraction of sp³-hybridized carbons (Fsp3) is 0.211. The van der Waals surface area contributed by atoms with Crippen molar-refractivity contribution in [1.82, 2.24) is 0 Å². The third-order valence-electron chi connectivity index (χ3n) is 3.95. The Morgan fingerprint density at radius 3 is 2.41 bits per heavy atom. The van der Waals surface area contributed by atoms with Gasteiger partial charge in [-0.2, -0.15) is 0 Å². The summed E-state index contributed by atoms with van der Waals surface area (Å²) in [5.74, 6) is 0.549. The Labute approximate surface area is 130 Å². The maximum Gasteiger partial charge on any atom is 0.335 e. The van der Waals surface area contributed by atoms with Gasteiger partial charge in [0.15, 0.2) is 0 Å². The number of carbonyl (C=O) groups is 1. The second-order valence-corrected chi connectivity index (χ2v) is 5.61. The molecule has 0 spiro atoms. The SMILES string of the molecule is COc1ccc(/C=C2\CC(C)(c3ccccc3)OC2=O)cc1. The minimum Gasteiger partial charge on any atom is -0.497 e. The van der Waals surface area contributed by atoms with Crippen LogP contribution in [-0.2, 0) is 15.1 Å². The number of hydrogen-bond donors (Lipinski definition) is 0. The molecule has 1 aliphatic heterocycles. The van der Waals surface area contributed by atoms with E-state index in [-0.39, 0.29) is 5.97 Å². The molecule has 3 heteroatoms. The van der Waals surface area contributed by atoms with Gasteiger partial charge in [0.2, 0.25) is 0 Å². The lowest BCUT2D eigenvalue weighted by molar-refractivity contribution is -0.145. The summed E-state index contributed by atoms with van der Waals surface area (Å²) in [6.45, 7) is 1.95. The number of benzene rings is 2. The van der Waals surface area contributed by atoms with Crippen LogP contribution >= 0.6 is 0 Å². The molecule has 1 heterocycles. The normalized spacial score (nSPS) is 22.6. The minimum atomic E-state index is -0.587. The van der Waals surface area contributed by atoms with E-state index in [1.54, 1.807) is 7.11 Å². The summed E-state index contributed by atoms with van der Waals surface area (Å²) in [5.41, 5.74) is 2.08. The predicted molar refractivity (Wildman–Crippen MR) is 85.5 cm³/mol. The molecule has 0 radical (unpaired) electrons. The number of rotatable bonds is 3. The molecule has 2 aromatic rings. The molecule has 0 bridgehead atoms. The second kappa shape index (κ2) is 5.68. The molecule has 1 fully saturated rings. The molecular weight excluding hydrogens is 276 g/mol. The number of carbonyl (C=O) groups excluding carboxylic acids is 1. The summed E-state index contributed by atoms with van der Waals surface area (Å²) in [7, 11) is 1.63. The molecule has 1 aliphatic rings. The first-order valence-corrected chi connectivity index (χ1v) is 7.24.